The number of hydrogen-bond acceptors (Lipinski definition) is 2. The van der Waals surface area contributed by atoms with Gasteiger partial charge < -0.3 is 11.1 Å². The largest absolute Gasteiger partial charge is 0.397 e. The molecule has 0 radical (unpaired) electrons. The third-order valence-electron chi connectivity index (χ3n) is 2.99. The lowest BCUT2D eigenvalue weighted by atomic mass is 10.1. The zero-order valence-corrected chi connectivity index (χ0v) is 11.2. The topological polar surface area (TPSA) is 38.0 Å². The van der Waals surface area contributed by atoms with Crippen LogP contribution in [0.25, 0.3) is 0 Å². The number of nitrogen functional groups attached to an aromatic ring is 1. The van der Waals surface area contributed by atoms with Gasteiger partial charge in [0.1, 0.15) is 5.82 Å². The Morgan fingerprint density at radius 1 is 1.41 bits per heavy atom. The second kappa shape index (κ2) is 5.54. The lowest BCUT2D eigenvalue weighted by molar-refractivity contribution is 0.622. The van der Waals surface area contributed by atoms with Crippen LogP contribution in [0.4, 0.5) is 15.8 Å². The Bertz CT molecular complexity index is 443. The van der Waals surface area contributed by atoms with Crippen molar-refractivity contribution in [3.8, 4) is 0 Å². The number of nitrogens with one attached hydrogen (secondary N) is 1. The second-order valence-corrected chi connectivity index (χ2v) is 5.14. The number of halogens is 2. The van der Waals surface area contributed by atoms with Crippen LogP contribution in [0.3, 0.4) is 0 Å². The number of benzene rings is 1. The van der Waals surface area contributed by atoms with Crippen LogP contribution in [0.1, 0.15) is 25.7 Å². The molecule has 92 valence electrons. The van der Waals surface area contributed by atoms with E-state index in [1.807, 2.05) is 0 Å². The van der Waals surface area contributed by atoms with Crippen molar-refractivity contribution in [2.75, 3.05) is 17.6 Å². The normalized spacial score (nSPS) is 14.8. The van der Waals surface area contributed by atoms with Crippen molar-refractivity contribution in [3.63, 3.8) is 0 Å². The van der Waals surface area contributed by atoms with Gasteiger partial charge in [0.15, 0.2) is 0 Å². The minimum Gasteiger partial charge on any atom is -0.397 e. The first-order valence-corrected chi connectivity index (χ1v) is 6.62. The third-order valence-corrected chi connectivity index (χ3v) is 3.60. The molecule has 0 aliphatic heterocycles. The molecule has 3 N–H and O–H groups in total. The van der Waals surface area contributed by atoms with Crippen molar-refractivity contribution >= 4 is 27.3 Å². The summed E-state index contributed by atoms with van der Waals surface area (Å²) in [4.78, 5) is 0. The number of nitrogens with two attached hydrogens (primary N) is 1. The first kappa shape index (κ1) is 12.4. The highest BCUT2D eigenvalue weighted by atomic mass is 79.9. The van der Waals surface area contributed by atoms with Gasteiger partial charge in [-0.1, -0.05) is 11.6 Å². The first-order chi connectivity index (χ1) is 8.16. The number of allylic oxidation sites excluding steroid dienone is 1. The summed E-state index contributed by atoms with van der Waals surface area (Å²) in [5, 5.41) is 3.18. The zero-order chi connectivity index (χ0) is 12.3. The SMILES string of the molecule is Nc1cc(Br)c(F)cc1NCCC1=CCCC1. The van der Waals surface area contributed by atoms with Crippen molar-refractivity contribution in [1.29, 1.82) is 0 Å². The van der Waals surface area contributed by atoms with Crippen molar-refractivity contribution in [1.82, 2.24) is 0 Å². The Morgan fingerprint density at radius 3 is 2.94 bits per heavy atom. The van der Waals surface area contributed by atoms with Crippen LogP contribution in [-0.4, -0.2) is 6.54 Å². The molecule has 0 fully saturated rings. The highest BCUT2D eigenvalue weighted by molar-refractivity contribution is 9.10. The van der Waals surface area contributed by atoms with E-state index in [1.165, 1.54) is 30.9 Å². The van der Waals surface area contributed by atoms with Crippen LogP contribution in [0, 0.1) is 5.82 Å². The van der Waals surface area contributed by atoms with E-state index in [0.717, 1.165) is 13.0 Å². The van der Waals surface area contributed by atoms with E-state index < -0.39 is 0 Å². The zero-order valence-electron chi connectivity index (χ0n) is 9.60. The van der Waals surface area contributed by atoms with Crippen LogP contribution in [-0.2, 0) is 0 Å². The van der Waals surface area contributed by atoms with Crippen molar-refractivity contribution < 1.29 is 4.39 Å². The van der Waals surface area contributed by atoms with Gasteiger partial charge in [0.05, 0.1) is 15.8 Å². The molecule has 0 saturated heterocycles. The van der Waals surface area contributed by atoms with Gasteiger partial charge in [-0.15, -0.1) is 0 Å². The molecule has 2 nitrogen and oxygen atoms in total. The van der Waals surface area contributed by atoms with Gasteiger partial charge in [0.2, 0.25) is 0 Å². The molecule has 1 aromatic carbocycles. The van der Waals surface area contributed by atoms with Crippen molar-refractivity contribution in [2.24, 2.45) is 0 Å². The highest BCUT2D eigenvalue weighted by Gasteiger charge is 2.07. The summed E-state index contributed by atoms with van der Waals surface area (Å²) in [6.07, 6.45) is 6.98. The predicted octanol–water partition coefficient (Wildman–Crippen LogP) is 4.08. The van der Waals surface area contributed by atoms with Crippen LogP contribution >= 0.6 is 15.9 Å². The molecule has 0 spiro atoms. The molecule has 0 aromatic heterocycles. The fourth-order valence-electron chi connectivity index (χ4n) is 2.04. The van der Waals surface area contributed by atoms with Crippen LogP contribution in [0.2, 0.25) is 0 Å². The first-order valence-electron chi connectivity index (χ1n) is 5.83. The Labute approximate surface area is 109 Å². The summed E-state index contributed by atoms with van der Waals surface area (Å²) >= 11 is 3.11. The number of rotatable bonds is 4. The molecular formula is C13H16BrFN2. The molecule has 1 aromatic rings. The Kier molecular flexibility index (Phi) is 4.05. The van der Waals surface area contributed by atoms with Gasteiger partial charge in [0, 0.05) is 12.6 Å². The maximum absolute atomic E-state index is 13.3. The van der Waals surface area contributed by atoms with Crippen molar-refractivity contribution in [2.45, 2.75) is 25.7 Å². The van der Waals surface area contributed by atoms with Gasteiger partial charge in [-0.05, 0) is 47.7 Å². The molecule has 1 aliphatic rings. The maximum Gasteiger partial charge on any atom is 0.139 e. The monoisotopic (exact) mass is 298 g/mol. The van der Waals surface area contributed by atoms with Gasteiger partial charge in [-0.2, -0.15) is 0 Å². The summed E-state index contributed by atoms with van der Waals surface area (Å²) in [6.45, 7) is 0.803. The van der Waals surface area contributed by atoms with Crippen molar-refractivity contribution in [3.05, 3.63) is 34.1 Å². The minimum atomic E-state index is -0.290. The smallest absolute Gasteiger partial charge is 0.139 e. The molecule has 0 unspecified atom stereocenters. The van der Waals surface area contributed by atoms with Gasteiger partial charge in [0.25, 0.3) is 0 Å². The third kappa shape index (κ3) is 3.22. The summed E-state index contributed by atoms with van der Waals surface area (Å²) in [5.74, 6) is -0.290. The molecule has 0 bridgehead atoms. The Morgan fingerprint density at radius 2 is 2.24 bits per heavy atom. The second-order valence-electron chi connectivity index (χ2n) is 4.28. The fraction of sp³-hybridized carbons (Fsp3) is 0.385. The fourth-order valence-corrected chi connectivity index (χ4v) is 2.40. The van der Waals surface area contributed by atoms with Gasteiger partial charge in [-0.3, -0.25) is 0 Å². The Balaban J connectivity index is 1.92. The molecule has 2 rings (SSSR count). The van der Waals surface area contributed by atoms with Gasteiger partial charge in [-0.25, -0.2) is 4.39 Å². The van der Waals surface area contributed by atoms with E-state index >= 15 is 0 Å². The number of anilines is 2. The lowest BCUT2D eigenvalue weighted by Crippen LogP contribution is -2.05. The summed E-state index contributed by atoms with van der Waals surface area (Å²) in [6, 6.07) is 3.02. The van der Waals surface area contributed by atoms with Crippen LogP contribution < -0.4 is 11.1 Å². The number of hydrogen-bond donors (Lipinski definition) is 2. The summed E-state index contributed by atoms with van der Waals surface area (Å²) < 4.78 is 13.7. The maximum atomic E-state index is 13.3. The molecule has 0 heterocycles. The van der Waals surface area contributed by atoms with E-state index in [0.29, 0.717) is 15.8 Å². The standard InChI is InChI=1S/C13H16BrFN2/c14-10-7-12(16)13(8-11(10)15)17-6-5-9-3-1-2-4-9/h3,7-8,17H,1-2,4-6,16H2. The summed E-state index contributed by atoms with van der Waals surface area (Å²) in [7, 11) is 0. The quantitative estimate of drug-likeness (QED) is 0.649. The minimum absolute atomic E-state index is 0.290. The van der Waals surface area contributed by atoms with E-state index in [9.17, 15) is 4.39 Å². The molecular weight excluding hydrogens is 283 g/mol. The van der Waals surface area contributed by atoms with Gasteiger partial charge >= 0.3 is 0 Å². The predicted molar refractivity (Wildman–Crippen MR) is 73.6 cm³/mol. The average molecular weight is 299 g/mol. The van der Waals surface area contributed by atoms with E-state index in [1.54, 1.807) is 6.07 Å². The molecule has 4 heteroatoms. The van der Waals surface area contributed by atoms with E-state index in [4.69, 9.17) is 5.73 Å². The lowest BCUT2D eigenvalue weighted by Gasteiger charge is -2.10. The molecule has 1 aliphatic carbocycles. The molecule has 0 saturated carbocycles. The molecule has 17 heavy (non-hydrogen) atoms. The van der Waals surface area contributed by atoms with E-state index in [2.05, 4.69) is 27.3 Å². The van der Waals surface area contributed by atoms with Crippen LogP contribution in [0.5, 0.6) is 0 Å². The highest BCUT2D eigenvalue weighted by Crippen LogP contribution is 2.27. The Hall–Kier alpha value is -1.03. The average Bonchev–Trinajstić information content (AvgIpc) is 2.78. The summed E-state index contributed by atoms with van der Waals surface area (Å²) in [5.41, 5.74) is 8.54. The van der Waals surface area contributed by atoms with E-state index in [-0.39, 0.29) is 5.82 Å². The van der Waals surface area contributed by atoms with Crippen LogP contribution in [0.15, 0.2) is 28.3 Å². The molecule has 0 atom stereocenters. The molecule has 0 amide bonds.